The van der Waals surface area contributed by atoms with Gasteiger partial charge in [0.15, 0.2) is 0 Å². The number of rotatable bonds is 9. The SMILES string of the molecule is CCCC1CCN(c2cc(Oc3ccc(CC(=O)C(=O)O)cc3)ccc2[N+](=O)[O-])CC1. The largest absolute Gasteiger partial charge is 0.475 e. The van der Waals surface area contributed by atoms with Crippen LogP contribution in [0.3, 0.4) is 0 Å². The van der Waals surface area contributed by atoms with E-state index in [0.29, 0.717) is 28.7 Å². The van der Waals surface area contributed by atoms with Crippen molar-refractivity contribution in [2.75, 3.05) is 18.0 Å². The van der Waals surface area contributed by atoms with E-state index in [4.69, 9.17) is 9.84 Å². The van der Waals surface area contributed by atoms with E-state index >= 15 is 0 Å². The molecular weight excluding hydrogens is 400 g/mol. The molecule has 0 spiro atoms. The van der Waals surface area contributed by atoms with Crippen LogP contribution in [0.15, 0.2) is 42.5 Å². The fourth-order valence-electron chi connectivity index (χ4n) is 3.92. The van der Waals surface area contributed by atoms with Gasteiger partial charge < -0.3 is 14.7 Å². The predicted octanol–water partition coefficient (Wildman–Crippen LogP) is 4.60. The number of nitrogens with zero attached hydrogens (tertiary/aromatic N) is 2. The third-order valence-electron chi connectivity index (χ3n) is 5.56. The molecule has 2 aromatic carbocycles. The highest BCUT2D eigenvalue weighted by Gasteiger charge is 2.25. The summed E-state index contributed by atoms with van der Waals surface area (Å²) in [7, 11) is 0. The Labute approximate surface area is 180 Å². The van der Waals surface area contributed by atoms with Crippen molar-refractivity contribution in [3.05, 3.63) is 58.1 Å². The lowest BCUT2D eigenvalue weighted by Crippen LogP contribution is -2.34. The zero-order valence-electron chi connectivity index (χ0n) is 17.5. The van der Waals surface area contributed by atoms with Gasteiger partial charge in [-0.05, 0) is 42.5 Å². The zero-order chi connectivity index (χ0) is 22.4. The van der Waals surface area contributed by atoms with Gasteiger partial charge in [0, 0.05) is 31.6 Å². The summed E-state index contributed by atoms with van der Waals surface area (Å²) in [5.74, 6) is -0.696. The molecule has 0 atom stereocenters. The monoisotopic (exact) mass is 426 g/mol. The molecule has 8 heteroatoms. The lowest BCUT2D eigenvalue weighted by molar-refractivity contribution is -0.384. The third-order valence-corrected chi connectivity index (χ3v) is 5.56. The summed E-state index contributed by atoms with van der Waals surface area (Å²) < 4.78 is 5.86. The average Bonchev–Trinajstić information content (AvgIpc) is 2.75. The van der Waals surface area contributed by atoms with Crippen molar-refractivity contribution in [1.29, 1.82) is 0 Å². The first-order valence-electron chi connectivity index (χ1n) is 10.4. The molecule has 8 nitrogen and oxygen atoms in total. The Morgan fingerprint density at radius 1 is 1.13 bits per heavy atom. The van der Waals surface area contributed by atoms with Crippen LogP contribution in [0.1, 0.15) is 38.2 Å². The minimum absolute atomic E-state index is 0.0591. The van der Waals surface area contributed by atoms with Crippen LogP contribution in [0, 0.1) is 16.0 Å². The van der Waals surface area contributed by atoms with Crippen molar-refractivity contribution in [2.45, 2.75) is 39.0 Å². The number of piperidine rings is 1. The number of anilines is 1. The summed E-state index contributed by atoms with van der Waals surface area (Å²) >= 11 is 0. The molecule has 0 aliphatic carbocycles. The van der Waals surface area contributed by atoms with Crippen LogP contribution in [0.5, 0.6) is 11.5 Å². The number of Topliss-reactive ketones (excluding diaryl/α,β-unsaturated/α-hetero) is 1. The first-order chi connectivity index (χ1) is 14.9. The summed E-state index contributed by atoms with van der Waals surface area (Å²) in [6, 6.07) is 11.3. The van der Waals surface area contributed by atoms with Crippen LogP contribution in [0.4, 0.5) is 11.4 Å². The lowest BCUT2D eigenvalue weighted by Gasteiger charge is -2.33. The molecule has 0 aromatic heterocycles. The molecule has 164 valence electrons. The Bertz CT molecular complexity index is 949. The second kappa shape index (κ2) is 10.1. The zero-order valence-corrected chi connectivity index (χ0v) is 17.5. The van der Waals surface area contributed by atoms with E-state index in [1.54, 1.807) is 36.4 Å². The molecule has 0 saturated carbocycles. The number of hydrogen-bond donors (Lipinski definition) is 1. The highest BCUT2D eigenvalue weighted by Crippen LogP contribution is 2.36. The molecule has 31 heavy (non-hydrogen) atoms. The molecule has 1 aliphatic heterocycles. The number of ketones is 1. The molecule has 0 bridgehead atoms. The molecule has 1 saturated heterocycles. The normalized spacial score (nSPS) is 14.3. The van der Waals surface area contributed by atoms with E-state index in [1.165, 1.54) is 12.5 Å². The Morgan fingerprint density at radius 2 is 1.77 bits per heavy atom. The van der Waals surface area contributed by atoms with Crippen molar-refractivity contribution in [3.63, 3.8) is 0 Å². The van der Waals surface area contributed by atoms with Crippen molar-refractivity contribution < 1.29 is 24.4 Å². The fraction of sp³-hybridized carbons (Fsp3) is 0.391. The van der Waals surface area contributed by atoms with Gasteiger partial charge in [-0.25, -0.2) is 4.79 Å². The maximum absolute atomic E-state index is 11.5. The molecule has 3 rings (SSSR count). The minimum Gasteiger partial charge on any atom is -0.475 e. The number of nitro benzene ring substituents is 1. The van der Waals surface area contributed by atoms with E-state index < -0.39 is 11.8 Å². The summed E-state index contributed by atoms with van der Waals surface area (Å²) in [5, 5.41) is 20.2. The van der Waals surface area contributed by atoms with Crippen LogP contribution in [-0.4, -0.2) is 34.9 Å². The number of carbonyl (C=O) groups excluding carboxylic acids is 1. The van der Waals surface area contributed by atoms with Gasteiger partial charge in [0.2, 0.25) is 5.78 Å². The van der Waals surface area contributed by atoms with Gasteiger partial charge >= 0.3 is 5.97 Å². The van der Waals surface area contributed by atoms with Crippen molar-refractivity contribution in [1.82, 2.24) is 0 Å². The third kappa shape index (κ3) is 5.81. The average molecular weight is 426 g/mol. The van der Waals surface area contributed by atoms with Crippen LogP contribution in [0.25, 0.3) is 0 Å². The van der Waals surface area contributed by atoms with Crippen LogP contribution < -0.4 is 9.64 Å². The van der Waals surface area contributed by atoms with Crippen molar-refractivity contribution in [3.8, 4) is 11.5 Å². The lowest BCUT2D eigenvalue weighted by atomic mass is 9.92. The van der Waals surface area contributed by atoms with Gasteiger partial charge in [0.05, 0.1) is 4.92 Å². The van der Waals surface area contributed by atoms with E-state index in [1.807, 2.05) is 0 Å². The molecular formula is C23H26N2O6. The van der Waals surface area contributed by atoms with Crippen molar-refractivity contribution >= 4 is 23.1 Å². The summed E-state index contributed by atoms with van der Waals surface area (Å²) in [5.41, 5.74) is 1.18. The van der Waals surface area contributed by atoms with Gasteiger partial charge in [-0.15, -0.1) is 0 Å². The van der Waals surface area contributed by atoms with Gasteiger partial charge in [-0.3, -0.25) is 14.9 Å². The molecule has 0 radical (unpaired) electrons. The summed E-state index contributed by atoms with van der Waals surface area (Å²) in [6.07, 6.45) is 4.19. The molecule has 2 aromatic rings. The predicted molar refractivity (Wildman–Crippen MR) is 116 cm³/mol. The second-order valence-corrected chi connectivity index (χ2v) is 7.78. The van der Waals surface area contributed by atoms with E-state index in [0.717, 1.165) is 32.4 Å². The van der Waals surface area contributed by atoms with E-state index in [2.05, 4.69) is 11.8 Å². The maximum Gasteiger partial charge on any atom is 0.372 e. The number of carboxylic acid groups (broad SMARTS) is 1. The Morgan fingerprint density at radius 3 is 2.35 bits per heavy atom. The Balaban J connectivity index is 1.74. The number of aliphatic carboxylic acids is 1. The molecule has 1 aliphatic rings. The first-order valence-corrected chi connectivity index (χ1v) is 10.4. The standard InChI is InChI=1S/C23H26N2O6/c1-2-3-16-10-12-24(13-11-16)21-15-19(8-9-20(21)25(29)30)31-18-6-4-17(5-7-18)14-22(26)23(27)28/h4-9,15-16H,2-3,10-14H2,1H3,(H,27,28). The van der Waals surface area contributed by atoms with Gasteiger partial charge in [0.25, 0.3) is 5.69 Å². The molecule has 1 heterocycles. The molecule has 0 amide bonds. The number of benzene rings is 2. The topological polar surface area (TPSA) is 110 Å². The second-order valence-electron chi connectivity index (χ2n) is 7.78. The Hall–Kier alpha value is -3.42. The van der Waals surface area contributed by atoms with E-state index in [-0.39, 0.29) is 17.0 Å². The number of nitro groups is 1. The van der Waals surface area contributed by atoms with Crippen molar-refractivity contribution in [2.24, 2.45) is 5.92 Å². The Kier molecular flexibility index (Phi) is 7.23. The molecule has 1 fully saturated rings. The number of carbonyl (C=O) groups is 2. The summed E-state index contributed by atoms with van der Waals surface area (Å²) in [4.78, 5) is 35.2. The number of carboxylic acids is 1. The molecule has 0 unspecified atom stereocenters. The van der Waals surface area contributed by atoms with Crippen LogP contribution in [-0.2, 0) is 16.0 Å². The maximum atomic E-state index is 11.5. The fourth-order valence-corrected chi connectivity index (χ4v) is 3.92. The highest BCUT2D eigenvalue weighted by molar-refractivity contribution is 6.33. The van der Waals surface area contributed by atoms with Gasteiger partial charge in [-0.1, -0.05) is 31.9 Å². The quantitative estimate of drug-likeness (QED) is 0.354. The van der Waals surface area contributed by atoms with Crippen LogP contribution >= 0.6 is 0 Å². The highest BCUT2D eigenvalue weighted by atomic mass is 16.6. The first kappa shape index (κ1) is 22.3. The van der Waals surface area contributed by atoms with Gasteiger partial charge in [-0.2, -0.15) is 0 Å². The van der Waals surface area contributed by atoms with E-state index in [9.17, 15) is 19.7 Å². The number of ether oxygens (including phenoxy) is 1. The molecule has 1 N–H and O–H groups in total. The van der Waals surface area contributed by atoms with Gasteiger partial charge in [0.1, 0.15) is 17.2 Å². The number of hydrogen-bond acceptors (Lipinski definition) is 6. The minimum atomic E-state index is -1.46. The van der Waals surface area contributed by atoms with Crippen LogP contribution in [0.2, 0.25) is 0 Å². The summed E-state index contributed by atoms with van der Waals surface area (Å²) in [6.45, 7) is 3.73. The smallest absolute Gasteiger partial charge is 0.372 e.